The van der Waals surface area contributed by atoms with Crippen LogP contribution in [0.5, 0.6) is 0 Å². The van der Waals surface area contributed by atoms with Crippen molar-refractivity contribution in [3.8, 4) is 0 Å². The van der Waals surface area contributed by atoms with E-state index >= 15 is 0 Å². The number of rotatable bonds is 3. The fraction of sp³-hybridized carbons (Fsp3) is 1.00. The maximum absolute atomic E-state index is 12.9. The number of hydrogen-bond donors (Lipinski definition) is 1. The van der Waals surface area contributed by atoms with Crippen LogP contribution in [-0.4, -0.2) is 18.3 Å². The van der Waals surface area contributed by atoms with Gasteiger partial charge >= 0.3 is 6.18 Å². The standard InChI is InChI=1S/C17H30F3N/c1-12(2)13-5-3-7-15(10-9-13)21-16-8-4-6-14(11-16)17(18,19)20/h12-16,21H,3-11H2,1-2H3. The smallest absolute Gasteiger partial charge is 0.311 e. The second-order valence-corrected chi connectivity index (χ2v) is 7.48. The highest BCUT2D eigenvalue weighted by Gasteiger charge is 2.42. The number of alkyl halides is 3. The van der Waals surface area contributed by atoms with Gasteiger partial charge in [-0.3, -0.25) is 0 Å². The molecule has 21 heavy (non-hydrogen) atoms. The van der Waals surface area contributed by atoms with Crippen molar-refractivity contribution in [3.63, 3.8) is 0 Å². The van der Waals surface area contributed by atoms with Crippen LogP contribution in [0, 0.1) is 17.8 Å². The summed E-state index contributed by atoms with van der Waals surface area (Å²) in [5.74, 6) is 0.442. The molecular formula is C17H30F3N. The maximum atomic E-state index is 12.9. The summed E-state index contributed by atoms with van der Waals surface area (Å²) >= 11 is 0. The summed E-state index contributed by atoms with van der Waals surface area (Å²) in [6.45, 7) is 4.57. The molecule has 0 aromatic carbocycles. The van der Waals surface area contributed by atoms with Crippen LogP contribution in [0.2, 0.25) is 0 Å². The molecule has 0 aliphatic heterocycles. The monoisotopic (exact) mass is 305 g/mol. The first kappa shape index (κ1) is 17.1. The largest absolute Gasteiger partial charge is 0.391 e. The van der Waals surface area contributed by atoms with Gasteiger partial charge in [0.1, 0.15) is 0 Å². The Hall–Kier alpha value is -0.250. The Balaban J connectivity index is 1.81. The molecule has 0 amide bonds. The lowest BCUT2D eigenvalue weighted by Gasteiger charge is -2.33. The topological polar surface area (TPSA) is 12.0 Å². The van der Waals surface area contributed by atoms with E-state index in [2.05, 4.69) is 19.2 Å². The van der Waals surface area contributed by atoms with Gasteiger partial charge in [-0.2, -0.15) is 13.2 Å². The third kappa shape index (κ3) is 5.15. The average molecular weight is 305 g/mol. The third-order valence-electron chi connectivity index (χ3n) is 5.56. The molecule has 2 aliphatic rings. The molecular weight excluding hydrogens is 275 g/mol. The van der Waals surface area contributed by atoms with Crippen LogP contribution < -0.4 is 5.32 Å². The zero-order valence-corrected chi connectivity index (χ0v) is 13.4. The van der Waals surface area contributed by atoms with Crippen LogP contribution in [0.3, 0.4) is 0 Å². The van der Waals surface area contributed by atoms with E-state index < -0.39 is 12.1 Å². The van der Waals surface area contributed by atoms with E-state index in [1.165, 1.54) is 19.3 Å². The molecule has 0 radical (unpaired) electrons. The molecule has 2 aliphatic carbocycles. The molecule has 1 nitrogen and oxygen atoms in total. The van der Waals surface area contributed by atoms with Gasteiger partial charge in [0.25, 0.3) is 0 Å². The van der Waals surface area contributed by atoms with Crippen molar-refractivity contribution in [1.29, 1.82) is 0 Å². The Bertz CT molecular complexity index is 314. The van der Waals surface area contributed by atoms with Crippen LogP contribution in [0.25, 0.3) is 0 Å². The Labute approximate surface area is 127 Å². The normalized spacial score (nSPS) is 35.7. The molecule has 0 spiro atoms. The summed E-state index contributed by atoms with van der Waals surface area (Å²) in [4.78, 5) is 0. The molecule has 124 valence electrons. The zero-order valence-electron chi connectivity index (χ0n) is 13.4. The fourth-order valence-electron chi connectivity index (χ4n) is 4.14. The number of nitrogens with one attached hydrogen (secondary N) is 1. The quantitative estimate of drug-likeness (QED) is 0.697. The molecule has 1 N–H and O–H groups in total. The minimum atomic E-state index is -4.01. The van der Waals surface area contributed by atoms with Gasteiger partial charge in [-0.05, 0) is 50.4 Å². The SMILES string of the molecule is CC(C)C1CCCC(NC2CCCC(C(F)(F)F)C2)CC1. The summed E-state index contributed by atoms with van der Waals surface area (Å²) in [7, 11) is 0. The second kappa shape index (κ2) is 7.34. The molecule has 0 aromatic rings. The van der Waals surface area contributed by atoms with Gasteiger partial charge in [0, 0.05) is 12.1 Å². The predicted octanol–water partition coefficient (Wildman–Crippen LogP) is 5.30. The minimum Gasteiger partial charge on any atom is -0.311 e. The molecule has 4 heteroatoms. The molecule has 2 saturated carbocycles. The summed E-state index contributed by atoms with van der Waals surface area (Å²) in [6.07, 6.45) is 4.22. The van der Waals surface area contributed by atoms with Gasteiger partial charge in [-0.25, -0.2) is 0 Å². The number of halogens is 3. The Morgan fingerprint density at radius 2 is 1.52 bits per heavy atom. The summed E-state index contributed by atoms with van der Waals surface area (Å²) < 4.78 is 38.6. The van der Waals surface area contributed by atoms with E-state index in [9.17, 15) is 13.2 Å². The minimum absolute atomic E-state index is 0.0750. The fourth-order valence-corrected chi connectivity index (χ4v) is 4.14. The van der Waals surface area contributed by atoms with E-state index in [0.717, 1.165) is 31.1 Å². The van der Waals surface area contributed by atoms with Crippen molar-refractivity contribution >= 4 is 0 Å². The van der Waals surface area contributed by atoms with Crippen molar-refractivity contribution in [2.75, 3.05) is 0 Å². The average Bonchev–Trinajstić information content (AvgIpc) is 2.64. The molecule has 2 rings (SSSR count). The van der Waals surface area contributed by atoms with Crippen LogP contribution in [0.1, 0.15) is 71.6 Å². The van der Waals surface area contributed by atoms with Gasteiger partial charge in [0.2, 0.25) is 0 Å². The highest BCUT2D eigenvalue weighted by atomic mass is 19.4. The van der Waals surface area contributed by atoms with E-state index in [4.69, 9.17) is 0 Å². The third-order valence-corrected chi connectivity index (χ3v) is 5.56. The molecule has 4 atom stereocenters. The number of hydrogen-bond acceptors (Lipinski definition) is 1. The van der Waals surface area contributed by atoms with E-state index in [1.807, 2.05) is 0 Å². The molecule has 0 heterocycles. The Morgan fingerprint density at radius 3 is 2.19 bits per heavy atom. The van der Waals surface area contributed by atoms with Crippen LogP contribution in [0.4, 0.5) is 13.2 Å². The summed E-state index contributed by atoms with van der Waals surface area (Å²) in [6, 6.07) is 0.511. The van der Waals surface area contributed by atoms with Gasteiger partial charge in [-0.1, -0.05) is 33.1 Å². The summed E-state index contributed by atoms with van der Waals surface area (Å²) in [5, 5.41) is 3.56. The van der Waals surface area contributed by atoms with Gasteiger partial charge in [-0.15, -0.1) is 0 Å². The van der Waals surface area contributed by atoms with Crippen molar-refractivity contribution in [2.45, 2.75) is 89.9 Å². The van der Waals surface area contributed by atoms with Gasteiger partial charge < -0.3 is 5.32 Å². The lowest BCUT2D eigenvalue weighted by molar-refractivity contribution is -0.183. The molecule has 0 aromatic heterocycles. The summed E-state index contributed by atoms with van der Waals surface area (Å²) in [5.41, 5.74) is 0. The lowest BCUT2D eigenvalue weighted by atomic mass is 9.84. The van der Waals surface area contributed by atoms with E-state index in [1.54, 1.807) is 0 Å². The first-order valence-electron chi connectivity index (χ1n) is 8.69. The van der Waals surface area contributed by atoms with Crippen molar-refractivity contribution in [3.05, 3.63) is 0 Å². The molecule has 0 saturated heterocycles. The highest BCUT2D eigenvalue weighted by Crippen LogP contribution is 2.38. The first-order chi connectivity index (χ1) is 9.86. The highest BCUT2D eigenvalue weighted by molar-refractivity contribution is 4.85. The Morgan fingerprint density at radius 1 is 0.857 bits per heavy atom. The van der Waals surface area contributed by atoms with Gasteiger partial charge in [0.05, 0.1) is 5.92 Å². The zero-order chi connectivity index (χ0) is 15.5. The van der Waals surface area contributed by atoms with Gasteiger partial charge in [0.15, 0.2) is 0 Å². The van der Waals surface area contributed by atoms with E-state index in [0.29, 0.717) is 18.9 Å². The Kier molecular flexibility index (Phi) is 5.98. The van der Waals surface area contributed by atoms with E-state index in [-0.39, 0.29) is 12.5 Å². The molecule has 0 bridgehead atoms. The van der Waals surface area contributed by atoms with Crippen molar-refractivity contribution in [1.82, 2.24) is 5.32 Å². The van der Waals surface area contributed by atoms with Crippen LogP contribution in [-0.2, 0) is 0 Å². The van der Waals surface area contributed by atoms with Crippen molar-refractivity contribution in [2.24, 2.45) is 17.8 Å². The second-order valence-electron chi connectivity index (χ2n) is 7.48. The first-order valence-corrected chi connectivity index (χ1v) is 8.69. The van der Waals surface area contributed by atoms with Crippen LogP contribution >= 0.6 is 0 Å². The van der Waals surface area contributed by atoms with Crippen molar-refractivity contribution < 1.29 is 13.2 Å². The lowest BCUT2D eigenvalue weighted by Crippen LogP contribution is -2.43. The van der Waals surface area contributed by atoms with Crippen LogP contribution in [0.15, 0.2) is 0 Å². The molecule has 2 fully saturated rings. The molecule has 4 unspecified atom stereocenters. The maximum Gasteiger partial charge on any atom is 0.391 e. The predicted molar refractivity (Wildman–Crippen MR) is 80.1 cm³/mol.